The lowest BCUT2D eigenvalue weighted by molar-refractivity contribution is 0.837. The van der Waals surface area contributed by atoms with Gasteiger partial charge in [0.1, 0.15) is 0 Å². The van der Waals surface area contributed by atoms with E-state index in [2.05, 4.69) is 54.7 Å². The highest BCUT2D eigenvalue weighted by Crippen LogP contribution is 2.21. The number of hydrogen-bond acceptors (Lipinski definition) is 1. The average Bonchev–Trinajstić information content (AvgIpc) is 2.43. The highest BCUT2D eigenvalue weighted by molar-refractivity contribution is 7.80. The van der Waals surface area contributed by atoms with Gasteiger partial charge in [-0.25, -0.2) is 0 Å². The van der Waals surface area contributed by atoms with Gasteiger partial charge in [0.25, 0.3) is 0 Å². The van der Waals surface area contributed by atoms with Gasteiger partial charge in [-0.3, -0.25) is 0 Å². The second-order valence-corrected chi connectivity index (χ2v) is 4.71. The van der Waals surface area contributed by atoms with E-state index in [0.717, 1.165) is 23.8 Å². The van der Waals surface area contributed by atoms with Gasteiger partial charge in [0.2, 0.25) is 0 Å². The van der Waals surface area contributed by atoms with Crippen molar-refractivity contribution in [2.24, 2.45) is 0 Å². The van der Waals surface area contributed by atoms with Crippen LogP contribution >= 0.6 is 12.2 Å². The van der Waals surface area contributed by atoms with E-state index < -0.39 is 0 Å². The van der Waals surface area contributed by atoms with Crippen LogP contribution in [0.5, 0.6) is 0 Å². The third-order valence-corrected chi connectivity index (χ3v) is 3.37. The molecule has 0 saturated heterocycles. The van der Waals surface area contributed by atoms with Crippen LogP contribution in [0.2, 0.25) is 0 Å². The van der Waals surface area contributed by atoms with E-state index in [4.69, 9.17) is 12.2 Å². The van der Waals surface area contributed by atoms with Gasteiger partial charge in [0, 0.05) is 19.3 Å². The van der Waals surface area contributed by atoms with Gasteiger partial charge in [-0.1, -0.05) is 37.3 Å². The second kappa shape index (κ2) is 5.83. The Morgan fingerprint density at radius 1 is 1.17 bits per heavy atom. The van der Waals surface area contributed by atoms with Gasteiger partial charge < -0.3 is 10.2 Å². The number of benzene rings is 2. The summed E-state index contributed by atoms with van der Waals surface area (Å²) in [6.45, 7) is 3.04. The highest BCUT2D eigenvalue weighted by atomic mass is 32.1. The molecule has 0 aliphatic rings. The number of thiocarbonyl (C=S) groups is 1. The van der Waals surface area contributed by atoms with Crippen LogP contribution in [0.4, 0.5) is 5.69 Å². The van der Waals surface area contributed by atoms with E-state index in [9.17, 15) is 0 Å². The van der Waals surface area contributed by atoms with Crippen molar-refractivity contribution in [3.63, 3.8) is 0 Å². The quantitative estimate of drug-likeness (QED) is 0.847. The summed E-state index contributed by atoms with van der Waals surface area (Å²) in [5.74, 6) is 0. The third kappa shape index (κ3) is 2.79. The molecule has 0 aromatic heterocycles. The Balaban J connectivity index is 2.22. The van der Waals surface area contributed by atoms with Crippen LogP contribution < -0.4 is 10.2 Å². The maximum Gasteiger partial charge on any atom is 0.173 e. The summed E-state index contributed by atoms with van der Waals surface area (Å²) in [4.78, 5) is 2.01. The molecule has 0 heterocycles. The molecule has 1 N–H and O–H groups in total. The smallest absolute Gasteiger partial charge is 0.173 e. The SMILES string of the molecule is CCCNC(=S)N(C)c1ccc2ccccc2c1. The standard InChI is InChI=1S/C15H18N2S/c1-3-10-16-15(18)17(2)14-9-8-12-6-4-5-7-13(12)11-14/h4-9,11H,3,10H2,1-2H3,(H,16,18). The van der Waals surface area contributed by atoms with Crippen LogP contribution in [-0.4, -0.2) is 18.7 Å². The molecule has 0 aliphatic heterocycles. The second-order valence-electron chi connectivity index (χ2n) is 4.32. The van der Waals surface area contributed by atoms with E-state index in [1.807, 2.05) is 11.9 Å². The minimum absolute atomic E-state index is 0.770. The Morgan fingerprint density at radius 3 is 2.61 bits per heavy atom. The molecule has 0 spiro atoms. The first-order valence-electron chi connectivity index (χ1n) is 6.22. The first kappa shape index (κ1) is 12.8. The molecule has 0 atom stereocenters. The topological polar surface area (TPSA) is 15.3 Å². The van der Waals surface area contributed by atoms with E-state index in [1.54, 1.807) is 0 Å². The predicted molar refractivity (Wildman–Crippen MR) is 83.2 cm³/mol. The molecule has 2 rings (SSSR count). The number of nitrogens with zero attached hydrogens (tertiary/aromatic N) is 1. The molecule has 0 aliphatic carbocycles. The fraction of sp³-hybridized carbons (Fsp3) is 0.267. The molecular weight excluding hydrogens is 240 g/mol. The molecule has 0 saturated carbocycles. The monoisotopic (exact) mass is 258 g/mol. The Hall–Kier alpha value is -1.61. The Morgan fingerprint density at radius 2 is 1.89 bits per heavy atom. The van der Waals surface area contributed by atoms with Gasteiger partial charge in [-0.15, -0.1) is 0 Å². The maximum atomic E-state index is 5.36. The highest BCUT2D eigenvalue weighted by Gasteiger charge is 2.06. The van der Waals surface area contributed by atoms with Gasteiger partial charge in [0.05, 0.1) is 0 Å². The zero-order valence-corrected chi connectivity index (χ0v) is 11.6. The molecular formula is C15H18N2S. The first-order chi connectivity index (χ1) is 8.72. The minimum atomic E-state index is 0.770. The Kier molecular flexibility index (Phi) is 4.15. The van der Waals surface area contributed by atoms with E-state index >= 15 is 0 Å². The number of nitrogens with one attached hydrogen (secondary N) is 1. The van der Waals surface area contributed by atoms with Crippen molar-refractivity contribution in [3.05, 3.63) is 42.5 Å². The predicted octanol–water partition coefficient (Wildman–Crippen LogP) is 3.56. The number of hydrogen-bond donors (Lipinski definition) is 1. The Bertz CT molecular complexity index is 551. The molecule has 0 fully saturated rings. The first-order valence-corrected chi connectivity index (χ1v) is 6.63. The molecule has 0 unspecified atom stereocenters. The van der Waals surface area contributed by atoms with Gasteiger partial charge in [-0.2, -0.15) is 0 Å². The van der Waals surface area contributed by atoms with Crippen molar-refractivity contribution in [2.45, 2.75) is 13.3 Å². The van der Waals surface area contributed by atoms with E-state index in [-0.39, 0.29) is 0 Å². The van der Waals surface area contributed by atoms with Crippen molar-refractivity contribution < 1.29 is 0 Å². The fourth-order valence-corrected chi connectivity index (χ4v) is 2.06. The summed E-state index contributed by atoms with van der Waals surface area (Å²) in [5.41, 5.74) is 1.11. The molecule has 18 heavy (non-hydrogen) atoms. The molecule has 0 bridgehead atoms. The summed E-state index contributed by atoms with van der Waals surface area (Å²) in [5, 5.41) is 6.49. The van der Waals surface area contributed by atoms with Crippen molar-refractivity contribution in [2.75, 3.05) is 18.5 Å². The van der Waals surface area contributed by atoms with Crippen LogP contribution in [0.1, 0.15) is 13.3 Å². The maximum absolute atomic E-state index is 5.36. The molecule has 0 radical (unpaired) electrons. The van der Waals surface area contributed by atoms with Crippen LogP contribution in [0.15, 0.2) is 42.5 Å². The molecule has 2 aromatic carbocycles. The summed E-state index contributed by atoms with van der Waals surface area (Å²) in [7, 11) is 2.00. The largest absolute Gasteiger partial charge is 0.362 e. The van der Waals surface area contributed by atoms with Crippen molar-refractivity contribution in [3.8, 4) is 0 Å². The van der Waals surface area contributed by atoms with Crippen LogP contribution in [0.25, 0.3) is 10.8 Å². The zero-order valence-electron chi connectivity index (χ0n) is 10.8. The summed E-state index contributed by atoms with van der Waals surface area (Å²) >= 11 is 5.36. The minimum Gasteiger partial charge on any atom is -0.362 e. The van der Waals surface area contributed by atoms with E-state index in [0.29, 0.717) is 0 Å². The number of anilines is 1. The van der Waals surface area contributed by atoms with E-state index in [1.165, 1.54) is 10.8 Å². The normalized spacial score (nSPS) is 10.3. The Labute approximate surface area is 114 Å². The summed E-state index contributed by atoms with van der Waals surface area (Å²) in [6, 6.07) is 14.7. The lowest BCUT2D eigenvalue weighted by Crippen LogP contribution is -2.37. The molecule has 2 nitrogen and oxygen atoms in total. The van der Waals surface area contributed by atoms with Crippen molar-refractivity contribution in [1.29, 1.82) is 0 Å². The number of fused-ring (bicyclic) bond motifs is 1. The van der Waals surface area contributed by atoms with Gasteiger partial charge >= 0.3 is 0 Å². The lowest BCUT2D eigenvalue weighted by Gasteiger charge is -2.21. The third-order valence-electron chi connectivity index (χ3n) is 2.95. The van der Waals surface area contributed by atoms with Crippen molar-refractivity contribution in [1.82, 2.24) is 5.32 Å². The van der Waals surface area contributed by atoms with Crippen LogP contribution in [0, 0.1) is 0 Å². The molecule has 0 amide bonds. The van der Waals surface area contributed by atoms with Gasteiger partial charge in [-0.05, 0) is 41.5 Å². The summed E-state index contributed by atoms with van der Waals surface area (Å²) in [6.07, 6.45) is 1.08. The zero-order chi connectivity index (χ0) is 13.0. The van der Waals surface area contributed by atoms with Gasteiger partial charge in [0.15, 0.2) is 5.11 Å². The average molecular weight is 258 g/mol. The van der Waals surface area contributed by atoms with Crippen molar-refractivity contribution >= 4 is 33.8 Å². The fourth-order valence-electron chi connectivity index (χ4n) is 1.85. The molecule has 2 aromatic rings. The molecule has 3 heteroatoms. The van der Waals surface area contributed by atoms with Crippen LogP contribution in [0.3, 0.4) is 0 Å². The molecule has 94 valence electrons. The lowest BCUT2D eigenvalue weighted by atomic mass is 10.1. The summed E-state index contributed by atoms with van der Waals surface area (Å²) < 4.78 is 0. The van der Waals surface area contributed by atoms with Crippen LogP contribution in [-0.2, 0) is 0 Å². The number of rotatable bonds is 3.